The van der Waals surface area contributed by atoms with Crippen LogP contribution in [-0.4, -0.2) is 23.1 Å². The molecule has 2 aromatic rings. The molecule has 0 saturated heterocycles. The molecule has 0 spiro atoms. The van der Waals surface area contributed by atoms with Crippen molar-refractivity contribution in [1.29, 1.82) is 0 Å². The van der Waals surface area contributed by atoms with Crippen LogP contribution in [-0.2, 0) is 19.5 Å². The van der Waals surface area contributed by atoms with E-state index in [4.69, 9.17) is 0 Å². The summed E-state index contributed by atoms with van der Waals surface area (Å²) in [5, 5.41) is 4.31. The first-order valence-electron chi connectivity index (χ1n) is 10.0. The minimum absolute atomic E-state index is 0.119. The van der Waals surface area contributed by atoms with E-state index in [0.29, 0.717) is 5.56 Å². The summed E-state index contributed by atoms with van der Waals surface area (Å²) < 4.78 is 0. The average Bonchev–Trinajstić information content (AvgIpc) is 2.73. The summed E-state index contributed by atoms with van der Waals surface area (Å²) in [6.45, 7) is 2.99. The van der Waals surface area contributed by atoms with E-state index in [0.717, 1.165) is 44.6 Å². The van der Waals surface area contributed by atoms with Crippen molar-refractivity contribution in [3.8, 4) is 0 Å². The Morgan fingerprint density at radius 3 is 2.44 bits per heavy atom. The number of benzene rings is 2. The normalized spacial score (nSPS) is 17.3. The Morgan fingerprint density at radius 1 is 0.926 bits per heavy atom. The van der Waals surface area contributed by atoms with Gasteiger partial charge in [-0.2, -0.15) is 5.10 Å². The topological polar surface area (TPSA) is 44.7 Å². The molecule has 4 heteroatoms. The molecule has 0 unspecified atom stereocenters. The molecule has 2 aliphatic rings. The molecule has 1 aliphatic carbocycles. The molecule has 1 N–H and O–H groups in total. The van der Waals surface area contributed by atoms with Crippen LogP contribution in [0.15, 0.2) is 53.6 Å². The van der Waals surface area contributed by atoms with Crippen molar-refractivity contribution >= 4 is 11.6 Å². The van der Waals surface area contributed by atoms with Crippen molar-refractivity contribution in [2.75, 3.05) is 6.54 Å². The van der Waals surface area contributed by atoms with Gasteiger partial charge in [-0.05, 0) is 60.9 Å². The van der Waals surface area contributed by atoms with Crippen molar-refractivity contribution in [3.05, 3.63) is 70.8 Å². The number of carbonyl (C=O) groups excluding carboxylic acids is 1. The average molecular weight is 361 g/mol. The highest BCUT2D eigenvalue weighted by molar-refractivity contribution is 5.95. The van der Waals surface area contributed by atoms with Crippen molar-refractivity contribution in [2.24, 2.45) is 5.10 Å². The van der Waals surface area contributed by atoms with Crippen LogP contribution in [0.4, 0.5) is 0 Å². The Balaban J connectivity index is 1.33. The maximum absolute atomic E-state index is 12.3. The van der Waals surface area contributed by atoms with E-state index < -0.39 is 0 Å². The lowest BCUT2D eigenvalue weighted by atomic mass is 9.99. The Morgan fingerprint density at radius 2 is 1.67 bits per heavy atom. The summed E-state index contributed by atoms with van der Waals surface area (Å²) in [6, 6.07) is 16.6. The molecule has 1 amide bonds. The van der Waals surface area contributed by atoms with Gasteiger partial charge in [-0.3, -0.25) is 9.69 Å². The van der Waals surface area contributed by atoms with Crippen LogP contribution >= 0.6 is 0 Å². The molecule has 0 bridgehead atoms. The first kappa shape index (κ1) is 17.9. The maximum Gasteiger partial charge on any atom is 0.271 e. The number of nitrogens with one attached hydrogen (secondary N) is 1. The van der Waals surface area contributed by atoms with Gasteiger partial charge >= 0.3 is 0 Å². The van der Waals surface area contributed by atoms with Gasteiger partial charge in [0.15, 0.2) is 0 Å². The number of rotatable bonds is 4. The van der Waals surface area contributed by atoms with Crippen molar-refractivity contribution < 1.29 is 4.79 Å². The van der Waals surface area contributed by atoms with Gasteiger partial charge in [0.2, 0.25) is 0 Å². The highest BCUT2D eigenvalue weighted by atomic mass is 16.2. The van der Waals surface area contributed by atoms with Gasteiger partial charge < -0.3 is 0 Å². The summed E-state index contributed by atoms with van der Waals surface area (Å²) in [7, 11) is 0. The first-order valence-corrected chi connectivity index (χ1v) is 10.0. The van der Waals surface area contributed by atoms with Crippen LogP contribution in [0.1, 0.15) is 59.2 Å². The highest BCUT2D eigenvalue weighted by Crippen LogP contribution is 2.20. The lowest BCUT2D eigenvalue weighted by Crippen LogP contribution is -2.30. The number of hydrazone groups is 1. The largest absolute Gasteiger partial charge is 0.294 e. The number of fused-ring (bicyclic) bond motifs is 1. The second kappa shape index (κ2) is 8.49. The Labute approximate surface area is 161 Å². The summed E-state index contributed by atoms with van der Waals surface area (Å²) in [5.74, 6) is -0.119. The summed E-state index contributed by atoms with van der Waals surface area (Å²) in [4.78, 5) is 14.8. The van der Waals surface area contributed by atoms with Crippen LogP contribution in [0.5, 0.6) is 0 Å². The third-order valence-corrected chi connectivity index (χ3v) is 5.58. The molecule has 1 aliphatic heterocycles. The predicted octanol–water partition coefficient (Wildman–Crippen LogP) is 4.29. The minimum Gasteiger partial charge on any atom is -0.294 e. The predicted molar refractivity (Wildman–Crippen MR) is 109 cm³/mol. The summed E-state index contributed by atoms with van der Waals surface area (Å²) in [6.07, 6.45) is 6.78. The number of hydrogen-bond donors (Lipinski definition) is 1. The zero-order valence-electron chi connectivity index (χ0n) is 15.8. The molecule has 4 rings (SSSR count). The van der Waals surface area contributed by atoms with Gasteiger partial charge in [-0.25, -0.2) is 5.43 Å². The number of carbonyl (C=O) groups is 1. The third-order valence-electron chi connectivity index (χ3n) is 5.58. The van der Waals surface area contributed by atoms with E-state index in [1.54, 1.807) is 0 Å². The molecule has 2 aromatic carbocycles. The van der Waals surface area contributed by atoms with E-state index in [1.165, 1.54) is 36.0 Å². The van der Waals surface area contributed by atoms with Gasteiger partial charge in [-0.1, -0.05) is 42.8 Å². The molecular formula is C23H27N3O. The van der Waals surface area contributed by atoms with Crippen molar-refractivity contribution in [1.82, 2.24) is 10.3 Å². The fraction of sp³-hybridized carbons (Fsp3) is 0.391. The number of hydrogen-bond acceptors (Lipinski definition) is 3. The molecule has 4 nitrogen and oxygen atoms in total. The van der Waals surface area contributed by atoms with Crippen LogP contribution < -0.4 is 5.43 Å². The van der Waals surface area contributed by atoms with E-state index in [1.807, 2.05) is 12.1 Å². The van der Waals surface area contributed by atoms with Crippen LogP contribution in [0.25, 0.3) is 0 Å². The van der Waals surface area contributed by atoms with Crippen molar-refractivity contribution in [2.45, 2.75) is 51.6 Å². The Bertz CT molecular complexity index is 818. The minimum atomic E-state index is -0.119. The molecule has 27 heavy (non-hydrogen) atoms. The second-order valence-electron chi connectivity index (χ2n) is 7.61. The smallest absolute Gasteiger partial charge is 0.271 e. The Hall–Kier alpha value is -2.46. The lowest BCUT2D eigenvalue weighted by Gasteiger charge is -2.28. The SMILES string of the molecule is O=C(NN=C1CCCCC1)c1ccc(CN2CCc3ccccc3C2)cc1. The highest BCUT2D eigenvalue weighted by Gasteiger charge is 2.16. The van der Waals surface area contributed by atoms with Crippen LogP contribution in [0.3, 0.4) is 0 Å². The van der Waals surface area contributed by atoms with Crippen molar-refractivity contribution in [3.63, 3.8) is 0 Å². The molecular weight excluding hydrogens is 334 g/mol. The molecule has 1 heterocycles. The molecule has 1 saturated carbocycles. The fourth-order valence-corrected chi connectivity index (χ4v) is 3.97. The lowest BCUT2D eigenvalue weighted by molar-refractivity contribution is 0.0954. The zero-order chi connectivity index (χ0) is 18.5. The molecule has 0 aromatic heterocycles. The molecule has 0 radical (unpaired) electrons. The van der Waals surface area contributed by atoms with E-state index >= 15 is 0 Å². The number of amides is 1. The van der Waals surface area contributed by atoms with Crippen LogP contribution in [0, 0.1) is 0 Å². The van der Waals surface area contributed by atoms with Gasteiger partial charge in [0.1, 0.15) is 0 Å². The summed E-state index contributed by atoms with van der Waals surface area (Å²) >= 11 is 0. The first-order chi connectivity index (χ1) is 13.3. The van der Waals surface area contributed by atoms with Gasteiger partial charge in [0.05, 0.1) is 0 Å². The fourth-order valence-electron chi connectivity index (χ4n) is 3.97. The third kappa shape index (κ3) is 4.64. The van der Waals surface area contributed by atoms with Crippen LogP contribution in [0.2, 0.25) is 0 Å². The van der Waals surface area contributed by atoms with Gasteiger partial charge in [-0.15, -0.1) is 0 Å². The Kier molecular flexibility index (Phi) is 5.64. The van der Waals surface area contributed by atoms with Gasteiger partial charge in [0.25, 0.3) is 5.91 Å². The molecule has 1 fully saturated rings. The second-order valence-corrected chi connectivity index (χ2v) is 7.61. The zero-order valence-corrected chi connectivity index (χ0v) is 15.8. The standard InChI is InChI=1S/C23H27N3O/c27-23(25-24-22-8-2-1-3-9-22)20-12-10-18(11-13-20)16-26-15-14-19-6-4-5-7-21(19)17-26/h4-7,10-13H,1-3,8-9,14-17H2,(H,25,27). The monoisotopic (exact) mass is 361 g/mol. The van der Waals surface area contributed by atoms with E-state index in [9.17, 15) is 4.79 Å². The van der Waals surface area contributed by atoms with E-state index in [-0.39, 0.29) is 5.91 Å². The molecule has 0 atom stereocenters. The maximum atomic E-state index is 12.3. The van der Waals surface area contributed by atoms with Gasteiger partial charge in [0, 0.05) is 30.9 Å². The van der Waals surface area contributed by atoms with E-state index in [2.05, 4.69) is 51.8 Å². The molecule has 140 valence electrons. The number of nitrogens with zero attached hydrogens (tertiary/aromatic N) is 2. The summed E-state index contributed by atoms with van der Waals surface area (Å²) in [5.41, 5.74) is 8.66. The quantitative estimate of drug-likeness (QED) is 0.826.